The fourth-order valence-corrected chi connectivity index (χ4v) is 2.86. The smallest absolute Gasteiger partial charge is 0.273 e. The Kier molecular flexibility index (Phi) is 6.88. The van der Waals surface area contributed by atoms with E-state index in [0.29, 0.717) is 5.56 Å². The van der Waals surface area contributed by atoms with Crippen LogP contribution in [0.2, 0.25) is 0 Å². The van der Waals surface area contributed by atoms with Crippen LogP contribution in [0, 0.1) is 5.82 Å². The maximum atomic E-state index is 13.5. The second-order valence-electron chi connectivity index (χ2n) is 5.55. The highest BCUT2D eigenvalue weighted by Crippen LogP contribution is 2.09. The normalized spacial score (nSPS) is 10.5. The molecule has 0 radical (unpaired) electrons. The lowest BCUT2D eigenvalue weighted by Gasteiger charge is -2.08. The predicted octanol–water partition coefficient (Wildman–Crippen LogP) is -0.510. The number of hydrogen-bond donors (Lipinski definition) is 2. The standard InChI is InChI=1S/C16H18FN5O4S/c1-21-15(25)14(20-22(2)16(21)26)27-9-13(24)19-18-12(23)8-7-10-5-3-4-6-11(10)17/h3-6H,7-9H2,1-2H3,(H,18,23)(H,19,24). The average molecular weight is 395 g/mol. The van der Waals surface area contributed by atoms with Gasteiger partial charge in [-0.05, 0) is 18.1 Å². The van der Waals surface area contributed by atoms with E-state index in [1.807, 2.05) is 0 Å². The van der Waals surface area contributed by atoms with E-state index in [-0.39, 0.29) is 23.6 Å². The van der Waals surface area contributed by atoms with Crippen LogP contribution in [0.15, 0.2) is 38.9 Å². The molecule has 0 saturated carbocycles. The lowest BCUT2D eigenvalue weighted by Crippen LogP contribution is -2.43. The van der Waals surface area contributed by atoms with Gasteiger partial charge in [-0.1, -0.05) is 30.0 Å². The van der Waals surface area contributed by atoms with Crippen molar-refractivity contribution in [2.24, 2.45) is 14.1 Å². The lowest BCUT2D eigenvalue weighted by atomic mass is 10.1. The molecule has 0 unspecified atom stereocenters. The number of hydrazine groups is 1. The van der Waals surface area contributed by atoms with Gasteiger partial charge in [-0.15, -0.1) is 0 Å². The van der Waals surface area contributed by atoms with Crippen molar-refractivity contribution in [3.63, 3.8) is 0 Å². The molecule has 2 rings (SSSR count). The third-order valence-corrected chi connectivity index (χ3v) is 4.49. The van der Waals surface area contributed by atoms with E-state index in [0.717, 1.165) is 21.0 Å². The highest BCUT2D eigenvalue weighted by atomic mass is 32.2. The maximum Gasteiger partial charge on any atom is 0.346 e. The van der Waals surface area contributed by atoms with Gasteiger partial charge in [0.1, 0.15) is 5.82 Å². The Bertz CT molecular complexity index is 972. The van der Waals surface area contributed by atoms with Crippen LogP contribution in [0.5, 0.6) is 0 Å². The van der Waals surface area contributed by atoms with E-state index < -0.39 is 28.9 Å². The van der Waals surface area contributed by atoms with Gasteiger partial charge in [-0.25, -0.2) is 13.9 Å². The summed E-state index contributed by atoms with van der Waals surface area (Å²) in [6.45, 7) is 0. The molecule has 27 heavy (non-hydrogen) atoms. The highest BCUT2D eigenvalue weighted by molar-refractivity contribution is 7.99. The molecule has 0 fully saturated rings. The van der Waals surface area contributed by atoms with E-state index in [1.54, 1.807) is 18.2 Å². The van der Waals surface area contributed by atoms with Gasteiger partial charge in [-0.3, -0.25) is 29.8 Å². The fourth-order valence-electron chi connectivity index (χ4n) is 2.08. The van der Waals surface area contributed by atoms with E-state index in [9.17, 15) is 23.6 Å². The van der Waals surface area contributed by atoms with E-state index in [4.69, 9.17) is 0 Å². The fraction of sp³-hybridized carbons (Fsp3) is 0.312. The molecule has 0 aliphatic carbocycles. The van der Waals surface area contributed by atoms with Crippen LogP contribution < -0.4 is 22.1 Å². The number of nitrogens with zero attached hydrogens (tertiary/aromatic N) is 3. The van der Waals surface area contributed by atoms with Crippen molar-refractivity contribution < 1.29 is 14.0 Å². The second kappa shape index (κ2) is 9.12. The van der Waals surface area contributed by atoms with Gasteiger partial charge in [0.15, 0.2) is 5.03 Å². The molecular formula is C16H18FN5O4S. The minimum absolute atomic E-state index is 0.00273. The summed E-state index contributed by atoms with van der Waals surface area (Å²) in [7, 11) is 2.70. The van der Waals surface area contributed by atoms with Gasteiger partial charge in [0.05, 0.1) is 5.75 Å². The number of thioether (sulfide) groups is 1. The van der Waals surface area contributed by atoms with Crippen molar-refractivity contribution in [1.29, 1.82) is 0 Å². The lowest BCUT2D eigenvalue weighted by molar-refractivity contribution is -0.127. The molecule has 2 aromatic rings. The first-order chi connectivity index (χ1) is 12.8. The van der Waals surface area contributed by atoms with Gasteiger partial charge in [0, 0.05) is 20.5 Å². The first-order valence-electron chi connectivity index (χ1n) is 7.88. The second-order valence-corrected chi connectivity index (χ2v) is 6.52. The van der Waals surface area contributed by atoms with Gasteiger partial charge in [-0.2, -0.15) is 5.10 Å². The molecule has 0 aliphatic heterocycles. The molecule has 1 aromatic heterocycles. The van der Waals surface area contributed by atoms with Crippen molar-refractivity contribution >= 4 is 23.6 Å². The number of halogens is 1. The first kappa shape index (κ1) is 20.4. The first-order valence-corrected chi connectivity index (χ1v) is 8.86. The van der Waals surface area contributed by atoms with Gasteiger partial charge in [0.2, 0.25) is 11.8 Å². The van der Waals surface area contributed by atoms with Crippen LogP contribution in [0.3, 0.4) is 0 Å². The van der Waals surface area contributed by atoms with E-state index in [2.05, 4.69) is 16.0 Å². The largest absolute Gasteiger partial charge is 0.346 e. The molecule has 1 aromatic carbocycles. The van der Waals surface area contributed by atoms with E-state index in [1.165, 1.54) is 20.2 Å². The number of hydrogen-bond acceptors (Lipinski definition) is 6. The van der Waals surface area contributed by atoms with Gasteiger partial charge >= 0.3 is 5.69 Å². The number of carbonyl (C=O) groups is 2. The molecule has 1 heterocycles. The Labute approximate surface area is 157 Å². The summed E-state index contributed by atoms with van der Waals surface area (Å²) in [5, 5.41) is 3.79. The number of aryl methyl sites for hydroxylation is 2. The Morgan fingerprint density at radius 1 is 1.15 bits per heavy atom. The molecule has 0 spiro atoms. The summed E-state index contributed by atoms with van der Waals surface area (Å²) in [6, 6.07) is 6.12. The Morgan fingerprint density at radius 2 is 1.81 bits per heavy atom. The van der Waals surface area contributed by atoms with Crippen LogP contribution in [0.4, 0.5) is 4.39 Å². The number of rotatable bonds is 6. The average Bonchev–Trinajstić information content (AvgIpc) is 2.65. The third kappa shape index (κ3) is 5.51. The van der Waals surface area contributed by atoms with E-state index >= 15 is 0 Å². The van der Waals surface area contributed by atoms with Crippen LogP contribution in [0.1, 0.15) is 12.0 Å². The zero-order chi connectivity index (χ0) is 20.0. The van der Waals surface area contributed by atoms with Gasteiger partial charge < -0.3 is 0 Å². The van der Waals surface area contributed by atoms with Crippen LogP contribution >= 0.6 is 11.8 Å². The molecule has 0 bridgehead atoms. The van der Waals surface area contributed by atoms with Crippen LogP contribution in [0.25, 0.3) is 0 Å². The quantitative estimate of drug-likeness (QED) is 0.503. The predicted molar refractivity (Wildman–Crippen MR) is 96.4 cm³/mol. The van der Waals surface area contributed by atoms with Crippen molar-refractivity contribution in [2.75, 3.05) is 5.75 Å². The Balaban J connectivity index is 1.80. The summed E-state index contributed by atoms with van der Waals surface area (Å²) < 4.78 is 15.4. The molecule has 2 N–H and O–H groups in total. The summed E-state index contributed by atoms with van der Waals surface area (Å²) in [4.78, 5) is 47.0. The Hall–Kier alpha value is -2.95. The Morgan fingerprint density at radius 3 is 2.52 bits per heavy atom. The number of amides is 2. The SMILES string of the molecule is Cn1nc(SCC(=O)NNC(=O)CCc2ccccc2F)c(=O)n(C)c1=O. The number of aromatic nitrogens is 3. The molecule has 11 heteroatoms. The summed E-state index contributed by atoms with van der Waals surface area (Å²) in [6.07, 6.45) is 0.193. The minimum Gasteiger partial charge on any atom is -0.273 e. The topological polar surface area (TPSA) is 115 Å². The van der Waals surface area contributed by atoms with Crippen LogP contribution in [-0.4, -0.2) is 31.9 Å². The van der Waals surface area contributed by atoms with Crippen LogP contribution in [-0.2, 0) is 30.1 Å². The summed E-state index contributed by atoms with van der Waals surface area (Å²) in [5.41, 5.74) is 3.66. The molecule has 144 valence electrons. The number of carbonyl (C=O) groups excluding carboxylic acids is 2. The summed E-state index contributed by atoms with van der Waals surface area (Å²) >= 11 is 0.839. The zero-order valence-corrected chi connectivity index (χ0v) is 15.5. The molecule has 0 atom stereocenters. The highest BCUT2D eigenvalue weighted by Gasteiger charge is 2.12. The number of nitrogens with one attached hydrogen (secondary N) is 2. The minimum atomic E-state index is -0.607. The monoisotopic (exact) mass is 395 g/mol. The van der Waals surface area contributed by atoms with Crippen molar-refractivity contribution in [3.05, 3.63) is 56.5 Å². The zero-order valence-electron chi connectivity index (χ0n) is 14.7. The third-order valence-electron chi connectivity index (χ3n) is 3.55. The van der Waals surface area contributed by atoms with Crippen molar-refractivity contribution in [2.45, 2.75) is 17.9 Å². The van der Waals surface area contributed by atoms with Crippen molar-refractivity contribution in [1.82, 2.24) is 25.2 Å². The molecule has 0 aliphatic rings. The molecule has 0 saturated heterocycles. The van der Waals surface area contributed by atoms with Gasteiger partial charge in [0.25, 0.3) is 5.56 Å². The molecular weight excluding hydrogens is 377 g/mol. The maximum absolute atomic E-state index is 13.5. The number of benzene rings is 1. The summed E-state index contributed by atoms with van der Waals surface area (Å²) in [5.74, 6) is -1.62. The van der Waals surface area contributed by atoms with Crippen molar-refractivity contribution in [3.8, 4) is 0 Å². The molecule has 2 amide bonds. The molecule has 9 nitrogen and oxygen atoms in total.